The third kappa shape index (κ3) is 4.20. The summed E-state index contributed by atoms with van der Waals surface area (Å²) in [6, 6.07) is 6.15. The van der Waals surface area contributed by atoms with E-state index in [0.717, 1.165) is 33.6 Å². The van der Waals surface area contributed by atoms with E-state index in [-0.39, 0.29) is 10.8 Å². The first-order valence-electron chi connectivity index (χ1n) is 8.97. The zero-order chi connectivity index (χ0) is 19.6. The Morgan fingerprint density at radius 1 is 1.19 bits per heavy atom. The minimum Gasteiger partial charge on any atom is -0.339 e. The SMILES string of the molecule is CCc1nnc(C2CCN(C(=O)c3ccc(S(=O)(=O)N(C)C)cc3)CC2)s1. The van der Waals surface area contributed by atoms with E-state index in [0.29, 0.717) is 24.6 Å². The number of hydrogen-bond donors (Lipinski definition) is 0. The lowest BCUT2D eigenvalue weighted by atomic mass is 9.97. The monoisotopic (exact) mass is 408 g/mol. The molecule has 1 saturated heterocycles. The third-order valence-electron chi connectivity index (χ3n) is 4.80. The summed E-state index contributed by atoms with van der Waals surface area (Å²) < 4.78 is 25.4. The van der Waals surface area contributed by atoms with E-state index in [9.17, 15) is 13.2 Å². The number of sulfonamides is 1. The van der Waals surface area contributed by atoms with Gasteiger partial charge in [0.2, 0.25) is 10.0 Å². The molecule has 0 saturated carbocycles. The maximum atomic E-state index is 12.7. The highest BCUT2D eigenvalue weighted by atomic mass is 32.2. The lowest BCUT2D eigenvalue weighted by Crippen LogP contribution is -2.37. The quantitative estimate of drug-likeness (QED) is 0.758. The van der Waals surface area contributed by atoms with Crippen LogP contribution in [0.4, 0.5) is 0 Å². The number of carbonyl (C=O) groups excluding carboxylic acids is 1. The summed E-state index contributed by atoms with van der Waals surface area (Å²) in [5.41, 5.74) is 0.510. The molecule has 7 nitrogen and oxygen atoms in total. The van der Waals surface area contributed by atoms with E-state index in [2.05, 4.69) is 17.1 Å². The number of aromatic nitrogens is 2. The first-order valence-corrected chi connectivity index (χ1v) is 11.2. The Bertz CT molecular complexity index is 899. The second kappa shape index (κ2) is 8.04. The van der Waals surface area contributed by atoms with Crippen LogP contribution in [0.5, 0.6) is 0 Å². The topological polar surface area (TPSA) is 83.5 Å². The van der Waals surface area contributed by atoms with Crippen molar-refractivity contribution in [2.75, 3.05) is 27.2 Å². The van der Waals surface area contributed by atoms with Crippen LogP contribution < -0.4 is 0 Å². The summed E-state index contributed by atoms with van der Waals surface area (Å²) in [5, 5.41) is 10.6. The normalized spacial score (nSPS) is 16.1. The van der Waals surface area contributed by atoms with Gasteiger partial charge < -0.3 is 4.90 Å². The van der Waals surface area contributed by atoms with Gasteiger partial charge in [0.25, 0.3) is 5.91 Å². The predicted octanol–water partition coefficient (Wildman–Crippen LogP) is 2.37. The van der Waals surface area contributed by atoms with Crippen LogP contribution in [0.2, 0.25) is 0 Å². The molecule has 1 aromatic heterocycles. The van der Waals surface area contributed by atoms with Gasteiger partial charge in [-0.3, -0.25) is 4.79 Å². The van der Waals surface area contributed by atoms with E-state index in [4.69, 9.17) is 0 Å². The number of rotatable bonds is 5. The molecule has 0 radical (unpaired) electrons. The van der Waals surface area contributed by atoms with Crippen molar-refractivity contribution < 1.29 is 13.2 Å². The molecule has 1 fully saturated rings. The van der Waals surface area contributed by atoms with Crippen LogP contribution in [0.25, 0.3) is 0 Å². The zero-order valence-corrected chi connectivity index (χ0v) is 17.4. The summed E-state index contributed by atoms with van der Waals surface area (Å²) in [6.07, 6.45) is 2.64. The third-order valence-corrected chi connectivity index (χ3v) is 7.86. The van der Waals surface area contributed by atoms with Crippen molar-refractivity contribution in [1.29, 1.82) is 0 Å². The van der Waals surface area contributed by atoms with E-state index < -0.39 is 10.0 Å². The van der Waals surface area contributed by atoms with E-state index in [1.807, 2.05) is 4.90 Å². The molecule has 0 bridgehead atoms. The van der Waals surface area contributed by atoms with Gasteiger partial charge in [0, 0.05) is 38.7 Å². The fraction of sp³-hybridized carbons (Fsp3) is 0.500. The highest BCUT2D eigenvalue weighted by Gasteiger charge is 2.27. The first-order chi connectivity index (χ1) is 12.8. The van der Waals surface area contributed by atoms with Crippen LogP contribution in [-0.2, 0) is 16.4 Å². The first kappa shape index (κ1) is 19.9. The fourth-order valence-electron chi connectivity index (χ4n) is 3.07. The number of aryl methyl sites for hydroxylation is 1. The number of hydrogen-bond acceptors (Lipinski definition) is 6. The molecule has 2 aromatic rings. The van der Waals surface area contributed by atoms with Crippen molar-refractivity contribution in [2.45, 2.75) is 37.0 Å². The molecule has 1 aliphatic heterocycles. The summed E-state index contributed by atoms with van der Waals surface area (Å²) in [6.45, 7) is 3.41. The van der Waals surface area contributed by atoms with Gasteiger partial charge in [0.1, 0.15) is 10.0 Å². The molecular weight excluding hydrogens is 384 g/mol. The molecule has 2 heterocycles. The Morgan fingerprint density at radius 3 is 2.33 bits per heavy atom. The molecule has 9 heteroatoms. The molecule has 0 atom stereocenters. The Balaban J connectivity index is 1.64. The van der Waals surface area contributed by atoms with Crippen LogP contribution in [0.3, 0.4) is 0 Å². The Morgan fingerprint density at radius 2 is 1.81 bits per heavy atom. The number of carbonyl (C=O) groups is 1. The highest BCUT2D eigenvalue weighted by Crippen LogP contribution is 2.30. The predicted molar refractivity (Wildman–Crippen MR) is 104 cm³/mol. The van der Waals surface area contributed by atoms with E-state index in [1.165, 1.54) is 26.2 Å². The van der Waals surface area contributed by atoms with Crippen LogP contribution in [-0.4, -0.2) is 60.9 Å². The molecule has 1 aromatic carbocycles. The Hall–Kier alpha value is -1.84. The fourth-order valence-corrected chi connectivity index (χ4v) is 4.92. The summed E-state index contributed by atoms with van der Waals surface area (Å²) in [7, 11) is -0.514. The smallest absolute Gasteiger partial charge is 0.253 e. The van der Waals surface area contributed by atoms with Gasteiger partial charge in [-0.25, -0.2) is 12.7 Å². The largest absolute Gasteiger partial charge is 0.339 e. The molecule has 0 spiro atoms. The number of likely N-dealkylation sites (tertiary alicyclic amines) is 1. The van der Waals surface area contributed by atoms with Gasteiger partial charge in [-0.2, -0.15) is 0 Å². The Labute approximate surface area is 164 Å². The summed E-state index contributed by atoms with van der Waals surface area (Å²) in [5.74, 6) is 0.299. The Kier molecular flexibility index (Phi) is 5.92. The van der Waals surface area contributed by atoms with E-state index in [1.54, 1.807) is 23.5 Å². The average Bonchev–Trinajstić information content (AvgIpc) is 3.17. The van der Waals surface area contributed by atoms with Gasteiger partial charge >= 0.3 is 0 Å². The second-order valence-electron chi connectivity index (χ2n) is 6.77. The molecule has 0 N–H and O–H groups in total. The standard InChI is InChI=1S/C18H24N4O3S2/c1-4-16-19-20-17(26-16)13-9-11-22(12-10-13)18(23)14-5-7-15(8-6-14)27(24,25)21(2)3/h5-8,13H,4,9-12H2,1-3H3. The minimum atomic E-state index is -3.49. The summed E-state index contributed by atoms with van der Waals surface area (Å²) >= 11 is 1.67. The van der Waals surface area contributed by atoms with Gasteiger partial charge in [-0.1, -0.05) is 6.92 Å². The van der Waals surface area contributed by atoms with Gasteiger partial charge in [0.15, 0.2) is 0 Å². The van der Waals surface area contributed by atoms with Crippen molar-refractivity contribution in [3.8, 4) is 0 Å². The van der Waals surface area contributed by atoms with Crippen molar-refractivity contribution in [3.63, 3.8) is 0 Å². The highest BCUT2D eigenvalue weighted by molar-refractivity contribution is 7.89. The molecule has 0 unspecified atom stereocenters. The minimum absolute atomic E-state index is 0.0613. The van der Waals surface area contributed by atoms with Gasteiger partial charge in [-0.15, -0.1) is 21.5 Å². The van der Waals surface area contributed by atoms with Crippen molar-refractivity contribution in [1.82, 2.24) is 19.4 Å². The van der Waals surface area contributed by atoms with Crippen LogP contribution in [0.15, 0.2) is 29.2 Å². The summed E-state index contributed by atoms with van der Waals surface area (Å²) in [4.78, 5) is 14.7. The lowest BCUT2D eigenvalue weighted by Gasteiger charge is -2.31. The molecule has 146 valence electrons. The van der Waals surface area contributed by atoms with Gasteiger partial charge in [0.05, 0.1) is 4.90 Å². The van der Waals surface area contributed by atoms with Crippen LogP contribution in [0, 0.1) is 0 Å². The van der Waals surface area contributed by atoms with Crippen molar-refractivity contribution in [2.24, 2.45) is 0 Å². The second-order valence-corrected chi connectivity index (χ2v) is 10.0. The van der Waals surface area contributed by atoms with Crippen LogP contribution in [0.1, 0.15) is 46.1 Å². The lowest BCUT2D eigenvalue weighted by molar-refractivity contribution is 0.0712. The number of piperidine rings is 1. The van der Waals surface area contributed by atoms with Crippen molar-refractivity contribution in [3.05, 3.63) is 39.8 Å². The van der Waals surface area contributed by atoms with Crippen molar-refractivity contribution >= 4 is 27.3 Å². The van der Waals surface area contributed by atoms with Crippen LogP contribution >= 0.6 is 11.3 Å². The maximum Gasteiger partial charge on any atom is 0.253 e. The zero-order valence-electron chi connectivity index (χ0n) is 15.8. The van der Waals surface area contributed by atoms with E-state index >= 15 is 0 Å². The molecule has 0 aliphatic carbocycles. The number of amides is 1. The maximum absolute atomic E-state index is 12.7. The molecule has 27 heavy (non-hydrogen) atoms. The average molecular weight is 409 g/mol. The number of benzene rings is 1. The number of nitrogens with zero attached hydrogens (tertiary/aromatic N) is 4. The molecule has 1 amide bonds. The molecular formula is C18H24N4O3S2. The van der Waals surface area contributed by atoms with Gasteiger partial charge in [-0.05, 0) is 43.5 Å². The molecule has 3 rings (SSSR count). The molecule has 1 aliphatic rings.